The molecule has 0 aromatic heterocycles. The fourth-order valence-corrected chi connectivity index (χ4v) is 3.44. The number of aliphatic imine (C=N–C) groups is 1. The summed E-state index contributed by atoms with van der Waals surface area (Å²) in [6.07, 6.45) is 1.53. The Morgan fingerprint density at radius 2 is 1.97 bits per heavy atom. The zero-order valence-corrected chi connectivity index (χ0v) is 19.5. The smallest absolute Gasteiger partial charge is 0.230 e. The maximum absolute atomic E-state index is 12.9. The van der Waals surface area contributed by atoms with E-state index in [4.69, 9.17) is 9.47 Å². The van der Waals surface area contributed by atoms with E-state index in [0.29, 0.717) is 19.1 Å². The van der Waals surface area contributed by atoms with Crippen molar-refractivity contribution in [1.82, 2.24) is 0 Å². The van der Waals surface area contributed by atoms with Crippen LogP contribution in [0.5, 0.6) is 5.75 Å². The Hall–Kier alpha value is -2.82. The van der Waals surface area contributed by atoms with E-state index in [1.165, 1.54) is 5.56 Å². The minimum Gasteiger partial charge on any atom is -0.493 e. The van der Waals surface area contributed by atoms with Crippen molar-refractivity contribution in [2.75, 3.05) is 18.5 Å². The lowest BCUT2D eigenvalue weighted by atomic mass is 9.87. The van der Waals surface area contributed by atoms with Gasteiger partial charge >= 0.3 is 0 Å². The molecule has 1 heterocycles. The normalized spacial score (nSPS) is 15.2. The highest BCUT2D eigenvalue weighted by atomic mass is 16.5. The van der Waals surface area contributed by atoms with Crippen molar-refractivity contribution in [3.8, 4) is 5.75 Å². The van der Waals surface area contributed by atoms with Gasteiger partial charge in [-0.05, 0) is 75.9 Å². The summed E-state index contributed by atoms with van der Waals surface area (Å²) in [4.78, 5) is 17.5. The molecule has 31 heavy (non-hydrogen) atoms. The van der Waals surface area contributed by atoms with Crippen LogP contribution in [0.15, 0.2) is 47.5 Å². The summed E-state index contributed by atoms with van der Waals surface area (Å²) < 4.78 is 11.7. The molecular formula is C26H34N2O3. The van der Waals surface area contributed by atoms with E-state index in [9.17, 15) is 4.79 Å². The Morgan fingerprint density at radius 1 is 1.19 bits per heavy atom. The molecule has 1 aliphatic heterocycles. The number of nitrogens with zero attached hydrogens (tertiary/aromatic N) is 1. The number of nitrogens with one attached hydrogen (secondary N) is 1. The van der Waals surface area contributed by atoms with Crippen LogP contribution in [0.25, 0.3) is 0 Å². The number of benzene rings is 2. The first-order chi connectivity index (χ1) is 14.6. The molecule has 1 N–H and O–H groups in total. The summed E-state index contributed by atoms with van der Waals surface area (Å²) in [5, 5.41) is 3.05. The number of carbonyl (C=O) groups excluding carboxylic acids is 1. The average molecular weight is 423 g/mol. The molecule has 0 saturated heterocycles. The van der Waals surface area contributed by atoms with Crippen molar-refractivity contribution >= 4 is 17.5 Å². The zero-order chi connectivity index (χ0) is 22.6. The molecule has 2 aromatic carbocycles. The summed E-state index contributed by atoms with van der Waals surface area (Å²) in [6, 6.07) is 13.9. The molecule has 166 valence electrons. The molecule has 2 aromatic rings. The molecule has 0 bridgehead atoms. The quantitative estimate of drug-likeness (QED) is 0.557. The fourth-order valence-electron chi connectivity index (χ4n) is 3.44. The van der Waals surface area contributed by atoms with Gasteiger partial charge in [0.15, 0.2) is 0 Å². The van der Waals surface area contributed by atoms with E-state index in [1.807, 2.05) is 58.9 Å². The minimum atomic E-state index is -0.510. The van der Waals surface area contributed by atoms with Gasteiger partial charge in [-0.2, -0.15) is 0 Å². The van der Waals surface area contributed by atoms with E-state index in [-0.39, 0.29) is 11.4 Å². The van der Waals surface area contributed by atoms with Crippen LogP contribution >= 0.6 is 0 Å². The van der Waals surface area contributed by atoms with Crippen molar-refractivity contribution in [3.63, 3.8) is 0 Å². The molecule has 5 heteroatoms. The second-order valence-electron chi connectivity index (χ2n) is 9.66. The summed E-state index contributed by atoms with van der Waals surface area (Å²) >= 11 is 0. The second kappa shape index (κ2) is 9.13. The summed E-state index contributed by atoms with van der Waals surface area (Å²) in [6.45, 7) is 13.3. The largest absolute Gasteiger partial charge is 0.493 e. The molecule has 0 fully saturated rings. The van der Waals surface area contributed by atoms with Gasteiger partial charge < -0.3 is 14.8 Å². The van der Waals surface area contributed by atoms with Crippen molar-refractivity contribution in [3.05, 3.63) is 59.2 Å². The summed E-state index contributed by atoms with van der Waals surface area (Å²) in [7, 11) is 0. The number of hydrogen-bond donors (Lipinski definition) is 1. The highest BCUT2D eigenvalue weighted by molar-refractivity contribution is 5.99. The second-order valence-corrected chi connectivity index (χ2v) is 9.66. The SMILES string of the molecule is Cc1ccc(C)c(OCCCC(C)(C)C(=O)Nc2cccc(C3=NC(C)(C)CO3)c2)c1. The minimum absolute atomic E-state index is 0.00834. The van der Waals surface area contributed by atoms with Crippen molar-refractivity contribution in [1.29, 1.82) is 0 Å². The highest BCUT2D eigenvalue weighted by Gasteiger charge is 2.29. The molecule has 0 atom stereocenters. The molecule has 0 radical (unpaired) electrons. The lowest BCUT2D eigenvalue weighted by Crippen LogP contribution is -2.31. The van der Waals surface area contributed by atoms with Crippen LogP contribution < -0.4 is 10.1 Å². The van der Waals surface area contributed by atoms with Gasteiger partial charge in [-0.3, -0.25) is 4.79 Å². The molecule has 1 aliphatic rings. The van der Waals surface area contributed by atoms with E-state index in [0.717, 1.165) is 35.4 Å². The summed E-state index contributed by atoms with van der Waals surface area (Å²) in [5.41, 5.74) is 3.21. The van der Waals surface area contributed by atoms with Crippen LogP contribution in [0.1, 0.15) is 57.2 Å². The maximum atomic E-state index is 12.9. The van der Waals surface area contributed by atoms with E-state index >= 15 is 0 Å². The summed E-state index contributed by atoms with van der Waals surface area (Å²) in [5.74, 6) is 1.54. The monoisotopic (exact) mass is 422 g/mol. The van der Waals surface area contributed by atoms with Gasteiger partial charge in [0.2, 0.25) is 11.8 Å². The molecule has 0 spiro atoms. The molecule has 5 nitrogen and oxygen atoms in total. The van der Waals surface area contributed by atoms with Gasteiger partial charge in [0, 0.05) is 16.7 Å². The predicted octanol–water partition coefficient (Wildman–Crippen LogP) is 5.68. The Morgan fingerprint density at radius 3 is 2.68 bits per heavy atom. The number of ether oxygens (including phenoxy) is 2. The van der Waals surface area contributed by atoms with Gasteiger partial charge in [-0.1, -0.05) is 32.0 Å². The lowest BCUT2D eigenvalue weighted by Gasteiger charge is -2.24. The van der Waals surface area contributed by atoms with Crippen LogP contribution in [-0.4, -0.2) is 30.6 Å². The van der Waals surface area contributed by atoms with E-state index in [1.54, 1.807) is 0 Å². The van der Waals surface area contributed by atoms with Gasteiger partial charge in [-0.15, -0.1) is 0 Å². The predicted molar refractivity (Wildman–Crippen MR) is 126 cm³/mol. The standard InChI is InChI=1S/C26H34N2O3/c1-18-11-12-19(2)22(15-18)30-14-8-13-25(3,4)24(29)27-21-10-7-9-20(16-21)23-28-26(5,6)17-31-23/h7,9-12,15-16H,8,13-14,17H2,1-6H3,(H,27,29). The molecule has 0 saturated carbocycles. The molecule has 0 unspecified atom stereocenters. The van der Waals surface area contributed by atoms with Crippen LogP contribution in [-0.2, 0) is 9.53 Å². The number of amides is 1. The van der Waals surface area contributed by atoms with E-state index < -0.39 is 5.41 Å². The van der Waals surface area contributed by atoms with Crippen molar-refractivity contribution in [2.24, 2.45) is 10.4 Å². The Labute approximate surface area is 185 Å². The third-order valence-corrected chi connectivity index (χ3v) is 5.50. The fraction of sp³-hybridized carbons (Fsp3) is 0.462. The number of rotatable bonds is 8. The van der Waals surface area contributed by atoms with Crippen molar-refractivity contribution in [2.45, 2.75) is 59.9 Å². The number of hydrogen-bond acceptors (Lipinski definition) is 4. The third-order valence-electron chi connectivity index (χ3n) is 5.50. The molecule has 0 aliphatic carbocycles. The first kappa shape index (κ1) is 22.9. The zero-order valence-electron chi connectivity index (χ0n) is 19.5. The van der Waals surface area contributed by atoms with E-state index in [2.05, 4.69) is 35.4 Å². The topological polar surface area (TPSA) is 59.9 Å². The average Bonchev–Trinajstić information content (AvgIpc) is 3.08. The number of anilines is 1. The number of carbonyl (C=O) groups is 1. The third kappa shape index (κ3) is 6.09. The number of aryl methyl sites for hydroxylation is 2. The maximum Gasteiger partial charge on any atom is 0.230 e. The lowest BCUT2D eigenvalue weighted by molar-refractivity contribution is -0.124. The van der Waals surface area contributed by atoms with Crippen LogP contribution in [0.2, 0.25) is 0 Å². The molecular weight excluding hydrogens is 388 g/mol. The van der Waals surface area contributed by atoms with Gasteiger partial charge in [-0.25, -0.2) is 4.99 Å². The van der Waals surface area contributed by atoms with Crippen LogP contribution in [0.3, 0.4) is 0 Å². The highest BCUT2D eigenvalue weighted by Crippen LogP contribution is 2.27. The first-order valence-corrected chi connectivity index (χ1v) is 10.9. The molecule has 3 rings (SSSR count). The van der Waals surface area contributed by atoms with Crippen LogP contribution in [0, 0.1) is 19.3 Å². The Bertz CT molecular complexity index is 976. The Kier molecular flexibility index (Phi) is 6.73. The van der Waals surface area contributed by atoms with Crippen LogP contribution in [0.4, 0.5) is 5.69 Å². The first-order valence-electron chi connectivity index (χ1n) is 10.9. The van der Waals surface area contributed by atoms with Gasteiger partial charge in [0.25, 0.3) is 0 Å². The van der Waals surface area contributed by atoms with Crippen molar-refractivity contribution < 1.29 is 14.3 Å². The van der Waals surface area contributed by atoms with Gasteiger partial charge in [0.05, 0.1) is 12.1 Å². The Balaban J connectivity index is 1.54. The van der Waals surface area contributed by atoms with Gasteiger partial charge in [0.1, 0.15) is 12.4 Å². The molecule has 1 amide bonds.